The molecule has 0 aliphatic rings. The molecule has 1 aromatic rings. The highest BCUT2D eigenvalue weighted by atomic mass is 19.3. The first kappa shape index (κ1) is 12.6. The maximum atomic E-state index is 12.3. The summed E-state index contributed by atoms with van der Waals surface area (Å²) in [6, 6.07) is 7.64. The van der Waals surface area contributed by atoms with Crippen LogP contribution < -0.4 is 5.32 Å². The summed E-state index contributed by atoms with van der Waals surface area (Å²) in [7, 11) is 0. The van der Waals surface area contributed by atoms with Crippen molar-refractivity contribution in [1.29, 1.82) is 5.26 Å². The Morgan fingerprint density at radius 3 is 2.00 bits per heavy atom. The molecule has 1 unspecified atom stereocenters. The minimum absolute atomic E-state index is 0.0232. The normalized spacial score (nSPS) is 12.8. The molecule has 0 aromatic heterocycles. The molecule has 0 radical (unpaired) electrons. The van der Waals surface area contributed by atoms with Gasteiger partial charge in [-0.1, -0.05) is 24.3 Å². The highest BCUT2D eigenvalue weighted by molar-refractivity contribution is 5.28. The van der Waals surface area contributed by atoms with Crippen LogP contribution in [-0.2, 0) is 0 Å². The van der Waals surface area contributed by atoms with E-state index in [4.69, 9.17) is 5.26 Å². The van der Waals surface area contributed by atoms with E-state index in [1.54, 1.807) is 12.1 Å². The summed E-state index contributed by atoms with van der Waals surface area (Å²) in [4.78, 5) is 0. The van der Waals surface area contributed by atoms with E-state index in [0.717, 1.165) is 0 Å². The van der Waals surface area contributed by atoms with Crippen LogP contribution in [0.1, 0.15) is 37.4 Å². The van der Waals surface area contributed by atoms with Crippen molar-refractivity contribution in [3.8, 4) is 6.07 Å². The van der Waals surface area contributed by atoms with Crippen molar-refractivity contribution in [2.45, 2.75) is 32.4 Å². The summed E-state index contributed by atoms with van der Waals surface area (Å²) in [6.45, 7) is 3.86. The Morgan fingerprint density at radius 1 is 1.12 bits per heavy atom. The molecule has 16 heavy (non-hydrogen) atoms. The molecule has 1 atom stereocenters. The van der Waals surface area contributed by atoms with Gasteiger partial charge in [0.2, 0.25) is 0 Å². The number of benzene rings is 1. The fourth-order valence-electron chi connectivity index (χ4n) is 1.38. The third kappa shape index (κ3) is 3.28. The first-order chi connectivity index (χ1) is 7.54. The lowest BCUT2D eigenvalue weighted by atomic mass is 10.1. The lowest BCUT2D eigenvalue weighted by molar-refractivity contribution is 0.151. The predicted octanol–water partition coefficient (Wildman–Crippen LogP) is 3.19. The minimum Gasteiger partial charge on any atom is -0.296 e. The van der Waals surface area contributed by atoms with E-state index in [1.807, 2.05) is 13.8 Å². The van der Waals surface area contributed by atoms with Crippen molar-refractivity contribution >= 4 is 0 Å². The van der Waals surface area contributed by atoms with Crippen LogP contribution in [0.15, 0.2) is 24.3 Å². The molecule has 0 saturated carbocycles. The van der Waals surface area contributed by atoms with Gasteiger partial charge in [0, 0.05) is 11.6 Å². The number of hydrogen-bond acceptors (Lipinski definition) is 2. The van der Waals surface area contributed by atoms with Crippen molar-refractivity contribution in [3.05, 3.63) is 35.4 Å². The van der Waals surface area contributed by atoms with Gasteiger partial charge < -0.3 is 0 Å². The summed E-state index contributed by atoms with van der Waals surface area (Å²) < 4.78 is 24.6. The van der Waals surface area contributed by atoms with Crippen molar-refractivity contribution in [2.24, 2.45) is 0 Å². The maximum absolute atomic E-state index is 12.3. The van der Waals surface area contributed by atoms with Crippen molar-refractivity contribution < 1.29 is 8.78 Å². The van der Waals surface area contributed by atoms with Crippen LogP contribution in [0.5, 0.6) is 0 Å². The van der Waals surface area contributed by atoms with Crippen LogP contribution in [-0.4, -0.2) is 6.04 Å². The van der Waals surface area contributed by atoms with Crippen LogP contribution >= 0.6 is 0 Å². The zero-order valence-corrected chi connectivity index (χ0v) is 9.24. The molecule has 0 bridgehead atoms. The molecule has 4 heteroatoms. The standard InChI is InChI=1S/C12H14F2N2/c1-8(2)16-11(7-15)9-3-5-10(6-4-9)12(13)14/h3-6,8,11-12,16H,1-2H3. The highest BCUT2D eigenvalue weighted by Crippen LogP contribution is 2.21. The Labute approximate surface area is 93.9 Å². The van der Waals surface area contributed by atoms with Gasteiger partial charge in [-0.2, -0.15) is 5.26 Å². The predicted molar refractivity (Wildman–Crippen MR) is 58.0 cm³/mol. The average molecular weight is 224 g/mol. The monoisotopic (exact) mass is 224 g/mol. The number of nitrogens with zero attached hydrogens (tertiary/aromatic N) is 1. The fourth-order valence-corrected chi connectivity index (χ4v) is 1.38. The van der Waals surface area contributed by atoms with E-state index in [2.05, 4.69) is 11.4 Å². The van der Waals surface area contributed by atoms with Gasteiger partial charge in [0.25, 0.3) is 6.43 Å². The summed E-state index contributed by atoms with van der Waals surface area (Å²) in [6.07, 6.45) is -2.47. The van der Waals surface area contributed by atoms with E-state index in [1.165, 1.54) is 12.1 Å². The molecule has 0 spiro atoms. The molecule has 1 rings (SSSR count). The van der Waals surface area contributed by atoms with Crippen LogP contribution in [0.4, 0.5) is 8.78 Å². The molecule has 0 amide bonds. The molecule has 0 fully saturated rings. The van der Waals surface area contributed by atoms with Gasteiger partial charge in [0.05, 0.1) is 6.07 Å². The maximum Gasteiger partial charge on any atom is 0.263 e. The molecular formula is C12H14F2N2. The zero-order chi connectivity index (χ0) is 12.1. The van der Waals surface area contributed by atoms with E-state index in [9.17, 15) is 8.78 Å². The highest BCUT2D eigenvalue weighted by Gasteiger charge is 2.12. The van der Waals surface area contributed by atoms with Gasteiger partial charge in [0.15, 0.2) is 0 Å². The second-order valence-electron chi connectivity index (χ2n) is 3.85. The Balaban J connectivity index is 2.83. The van der Waals surface area contributed by atoms with Gasteiger partial charge in [-0.25, -0.2) is 8.78 Å². The van der Waals surface area contributed by atoms with Gasteiger partial charge in [-0.05, 0) is 19.4 Å². The summed E-state index contributed by atoms with van der Waals surface area (Å²) in [5, 5.41) is 12.0. The van der Waals surface area contributed by atoms with E-state index >= 15 is 0 Å². The molecule has 2 nitrogen and oxygen atoms in total. The molecule has 0 heterocycles. The quantitative estimate of drug-likeness (QED) is 0.852. The number of nitrogens with one attached hydrogen (secondary N) is 1. The van der Waals surface area contributed by atoms with Crippen LogP contribution in [0.25, 0.3) is 0 Å². The third-order valence-corrected chi connectivity index (χ3v) is 2.15. The Bertz CT molecular complexity index is 366. The summed E-state index contributed by atoms with van der Waals surface area (Å²) >= 11 is 0. The number of rotatable bonds is 4. The van der Waals surface area contributed by atoms with E-state index < -0.39 is 12.5 Å². The Kier molecular flexibility index (Phi) is 4.39. The van der Waals surface area contributed by atoms with E-state index in [-0.39, 0.29) is 11.6 Å². The van der Waals surface area contributed by atoms with Gasteiger partial charge in [0.1, 0.15) is 6.04 Å². The Morgan fingerprint density at radius 2 is 1.62 bits per heavy atom. The lowest BCUT2D eigenvalue weighted by Gasteiger charge is -2.15. The number of nitriles is 1. The molecule has 0 aliphatic heterocycles. The summed E-state index contributed by atoms with van der Waals surface area (Å²) in [5.74, 6) is 0. The molecule has 1 N–H and O–H groups in total. The van der Waals surface area contributed by atoms with Crippen molar-refractivity contribution in [2.75, 3.05) is 0 Å². The average Bonchev–Trinajstić information content (AvgIpc) is 2.25. The topological polar surface area (TPSA) is 35.8 Å². The summed E-state index contributed by atoms with van der Waals surface area (Å²) in [5.41, 5.74) is 0.686. The third-order valence-electron chi connectivity index (χ3n) is 2.15. The van der Waals surface area contributed by atoms with Gasteiger partial charge in [-0.15, -0.1) is 0 Å². The van der Waals surface area contributed by atoms with Crippen molar-refractivity contribution in [3.63, 3.8) is 0 Å². The van der Waals surface area contributed by atoms with Gasteiger partial charge >= 0.3 is 0 Å². The fraction of sp³-hybridized carbons (Fsp3) is 0.417. The number of halogens is 2. The van der Waals surface area contributed by atoms with Gasteiger partial charge in [-0.3, -0.25) is 5.32 Å². The second kappa shape index (κ2) is 5.57. The zero-order valence-electron chi connectivity index (χ0n) is 9.24. The molecular weight excluding hydrogens is 210 g/mol. The smallest absolute Gasteiger partial charge is 0.263 e. The number of alkyl halides is 2. The van der Waals surface area contributed by atoms with Crippen LogP contribution in [0, 0.1) is 11.3 Å². The van der Waals surface area contributed by atoms with Crippen molar-refractivity contribution in [1.82, 2.24) is 5.32 Å². The van der Waals surface area contributed by atoms with E-state index in [0.29, 0.717) is 5.56 Å². The molecule has 86 valence electrons. The SMILES string of the molecule is CC(C)NC(C#N)c1ccc(C(F)F)cc1. The minimum atomic E-state index is -2.47. The lowest BCUT2D eigenvalue weighted by Crippen LogP contribution is -2.27. The molecule has 0 saturated heterocycles. The first-order valence-corrected chi connectivity index (χ1v) is 5.08. The molecule has 1 aromatic carbocycles. The van der Waals surface area contributed by atoms with Crippen LogP contribution in [0.2, 0.25) is 0 Å². The van der Waals surface area contributed by atoms with Crippen LogP contribution in [0.3, 0.4) is 0 Å². The second-order valence-corrected chi connectivity index (χ2v) is 3.85. The number of hydrogen-bond donors (Lipinski definition) is 1. The first-order valence-electron chi connectivity index (χ1n) is 5.08. The Hall–Kier alpha value is -1.47. The largest absolute Gasteiger partial charge is 0.296 e. The molecule has 0 aliphatic carbocycles.